The molecule has 0 bridgehead atoms. The maximum Gasteiger partial charge on any atom is 0.374 e. The predicted molar refractivity (Wildman–Crippen MR) is 129 cm³/mol. The fraction of sp³-hybridized carbons (Fsp3) is 0.333. The molecule has 4 nitrogen and oxygen atoms in total. The van der Waals surface area contributed by atoms with Gasteiger partial charge in [-0.2, -0.15) is 0 Å². The molecule has 0 N–H and O–H groups in total. The van der Waals surface area contributed by atoms with E-state index in [0.717, 1.165) is 0 Å². The molecule has 0 aliphatic heterocycles. The monoisotopic (exact) mass is 456 g/mol. The molecule has 27 heavy (non-hydrogen) atoms. The van der Waals surface area contributed by atoms with Crippen LogP contribution in [0.1, 0.15) is 0 Å². The van der Waals surface area contributed by atoms with Gasteiger partial charge in [-0.05, 0) is 73.5 Å². The molecule has 152 valence electrons. The van der Waals surface area contributed by atoms with Gasteiger partial charge in [-0.1, -0.05) is 0 Å². The van der Waals surface area contributed by atoms with Crippen molar-refractivity contribution in [3.8, 4) is 0 Å². The third-order valence-electron chi connectivity index (χ3n) is 3.28. The molecule has 0 rings (SSSR count). The van der Waals surface area contributed by atoms with Gasteiger partial charge in [-0.15, -0.1) is 39.5 Å². The van der Waals surface area contributed by atoms with Crippen LogP contribution in [-0.2, 0) is 16.5 Å². The molecule has 0 fully saturated rings. The standard InChI is InChI=1S/C18H36O4Si5/c1-13-25(14-2,19-23(7,8)9)21-27(17-5,18-6)22-26(15-3,16-4)20-24(10,11)12/h13-18H,1-6H2,7-12H3. The van der Waals surface area contributed by atoms with Gasteiger partial charge in [-0.3, -0.25) is 0 Å². The minimum atomic E-state index is -3.14. The van der Waals surface area contributed by atoms with Crippen LogP contribution in [0.25, 0.3) is 0 Å². The minimum Gasteiger partial charge on any atom is -0.431 e. The van der Waals surface area contributed by atoms with Gasteiger partial charge >= 0.3 is 25.7 Å². The highest BCUT2D eigenvalue weighted by molar-refractivity contribution is 6.99. The Bertz CT molecular complexity index is 522. The van der Waals surface area contributed by atoms with Gasteiger partial charge in [0.15, 0.2) is 16.6 Å². The van der Waals surface area contributed by atoms with Crippen LogP contribution in [0.4, 0.5) is 0 Å². The van der Waals surface area contributed by atoms with Crippen molar-refractivity contribution in [2.75, 3.05) is 0 Å². The number of rotatable bonds is 14. The summed E-state index contributed by atoms with van der Waals surface area (Å²) in [6.07, 6.45) is 0. The molecule has 0 aliphatic carbocycles. The van der Waals surface area contributed by atoms with Crippen LogP contribution in [0.2, 0.25) is 39.3 Å². The fourth-order valence-corrected chi connectivity index (χ4v) is 20.0. The van der Waals surface area contributed by atoms with Gasteiger partial charge < -0.3 is 16.5 Å². The van der Waals surface area contributed by atoms with Crippen molar-refractivity contribution in [3.05, 3.63) is 73.7 Å². The van der Waals surface area contributed by atoms with Gasteiger partial charge in [0.25, 0.3) is 0 Å². The lowest BCUT2D eigenvalue weighted by Crippen LogP contribution is -2.61. The molecule has 0 saturated heterocycles. The topological polar surface area (TPSA) is 36.9 Å². The van der Waals surface area contributed by atoms with Crippen LogP contribution in [-0.4, -0.2) is 42.3 Å². The maximum absolute atomic E-state index is 6.54. The summed E-state index contributed by atoms with van der Waals surface area (Å²) in [5.74, 6) is 0. The molecular weight excluding hydrogens is 421 g/mol. The van der Waals surface area contributed by atoms with E-state index in [0.29, 0.717) is 0 Å². The molecule has 0 amide bonds. The SMILES string of the molecule is C=C[Si](C=C)(O[Si](C)(C)C)O[Si](C=C)(C=C)O[Si](C=C)(C=C)O[Si](C)(C)C. The van der Waals surface area contributed by atoms with Gasteiger partial charge in [-0.25, -0.2) is 0 Å². The van der Waals surface area contributed by atoms with Crippen molar-refractivity contribution < 1.29 is 16.5 Å². The minimum absolute atomic E-state index is 1.69. The molecule has 0 spiro atoms. The predicted octanol–water partition coefficient (Wildman–Crippen LogP) is 5.40. The van der Waals surface area contributed by atoms with E-state index in [9.17, 15) is 0 Å². The second-order valence-electron chi connectivity index (χ2n) is 8.02. The molecule has 0 heterocycles. The molecule has 0 atom stereocenters. The van der Waals surface area contributed by atoms with E-state index in [2.05, 4.69) is 78.8 Å². The summed E-state index contributed by atoms with van der Waals surface area (Å²) < 4.78 is 25.8. The summed E-state index contributed by atoms with van der Waals surface area (Å²) in [5.41, 5.74) is 10.3. The van der Waals surface area contributed by atoms with Gasteiger partial charge in [0.1, 0.15) is 0 Å². The summed E-state index contributed by atoms with van der Waals surface area (Å²) in [7, 11) is -12.9. The normalized spacial score (nSPS) is 13.6. The molecule has 0 unspecified atom stereocenters. The average molecular weight is 457 g/mol. The van der Waals surface area contributed by atoms with Crippen LogP contribution in [0.3, 0.4) is 0 Å². The Kier molecular flexibility index (Phi) is 9.49. The van der Waals surface area contributed by atoms with Crippen molar-refractivity contribution >= 4 is 42.3 Å². The smallest absolute Gasteiger partial charge is 0.374 e. The van der Waals surface area contributed by atoms with Crippen LogP contribution < -0.4 is 0 Å². The van der Waals surface area contributed by atoms with Crippen molar-refractivity contribution in [1.29, 1.82) is 0 Å². The van der Waals surface area contributed by atoms with Crippen molar-refractivity contribution in [1.82, 2.24) is 0 Å². The first-order chi connectivity index (χ1) is 12.2. The first-order valence-electron chi connectivity index (χ1n) is 8.81. The highest BCUT2D eigenvalue weighted by Crippen LogP contribution is 2.29. The van der Waals surface area contributed by atoms with Crippen LogP contribution in [0, 0.1) is 0 Å². The molecule has 0 aromatic carbocycles. The van der Waals surface area contributed by atoms with Crippen LogP contribution in [0.5, 0.6) is 0 Å². The molecular formula is C18H36O4Si5. The number of hydrogen-bond acceptors (Lipinski definition) is 4. The zero-order valence-corrected chi connectivity index (χ0v) is 22.8. The van der Waals surface area contributed by atoms with Gasteiger partial charge in [0.2, 0.25) is 0 Å². The largest absolute Gasteiger partial charge is 0.431 e. The van der Waals surface area contributed by atoms with E-state index < -0.39 is 42.3 Å². The molecule has 0 aliphatic rings. The lowest BCUT2D eigenvalue weighted by Gasteiger charge is -2.42. The molecule has 0 radical (unpaired) electrons. The first kappa shape index (κ1) is 26.4. The molecule has 0 aromatic heterocycles. The Balaban J connectivity index is 6.15. The highest BCUT2D eigenvalue weighted by Gasteiger charge is 2.50. The fourth-order valence-electron chi connectivity index (χ4n) is 2.27. The Morgan fingerprint density at radius 1 is 0.407 bits per heavy atom. The van der Waals surface area contributed by atoms with Crippen LogP contribution >= 0.6 is 0 Å². The quantitative estimate of drug-likeness (QED) is 0.328. The zero-order valence-electron chi connectivity index (χ0n) is 17.8. The Morgan fingerprint density at radius 3 is 0.741 bits per heavy atom. The number of hydrogen-bond donors (Lipinski definition) is 0. The summed E-state index contributed by atoms with van der Waals surface area (Å²) >= 11 is 0. The van der Waals surface area contributed by atoms with Crippen LogP contribution in [0.15, 0.2) is 73.7 Å². The Labute approximate surface area is 171 Å². The Hall–Kier alpha value is -0.636. The summed E-state index contributed by atoms with van der Waals surface area (Å²) in [5, 5.41) is 0. The van der Waals surface area contributed by atoms with E-state index in [1.807, 2.05) is 0 Å². The maximum atomic E-state index is 6.54. The van der Waals surface area contributed by atoms with Crippen molar-refractivity contribution in [2.45, 2.75) is 39.3 Å². The lowest BCUT2D eigenvalue weighted by atomic mass is 11.2. The lowest BCUT2D eigenvalue weighted by molar-refractivity contribution is 0.322. The van der Waals surface area contributed by atoms with Gasteiger partial charge in [0.05, 0.1) is 0 Å². The molecule has 0 saturated carbocycles. The third-order valence-corrected chi connectivity index (χ3v) is 19.2. The van der Waals surface area contributed by atoms with E-state index in [1.165, 1.54) is 0 Å². The van der Waals surface area contributed by atoms with Crippen molar-refractivity contribution in [3.63, 3.8) is 0 Å². The zero-order chi connectivity index (χ0) is 21.6. The Morgan fingerprint density at radius 2 is 0.593 bits per heavy atom. The van der Waals surface area contributed by atoms with Gasteiger partial charge in [0, 0.05) is 0 Å². The molecule has 9 heteroatoms. The second kappa shape index (κ2) is 9.72. The van der Waals surface area contributed by atoms with E-state index in [4.69, 9.17) is 16.5 Å². The second-order valence-corrected chi connectivity index (χ2v) is 26.5. The van der Waals surface area contributed by atoms with E-state index in [-0.39, 0.29) is 0 Å². The molecule has 0 aromatic rings. The summed E-state index contributed by atoms with van der Waals surface area (Å²) in [4.78, 5) is 0. The first-order valence-corrected chi connectivity index (χ1v) is 21.5. The third kappa shape index (κ3) is 8.09. The average Bonchev–Trinajstić information content (AvgIpc) is 2.57. The highest BCUT2D eigenvalue weighted by atomic mass is 28.5. The van der Waals surface area contributed by atoms with E-state index >= 15 is 0 Å². The van der Waals surface area contributed by atoms with E-state index in [1.54, 1.807) is 34.2 Å². The summed E-state index contributed by atoms with van der Waals surface area (Å²) in [6.45, 7) is 36.3. The summed E-state index contributed by atoms with van der Waals surface area (Å²) in [6, 6.07) is 0. The van der Waals surface area contributed by atoms with Crippen molar-refractivity contribution in [2.24, 2.45) is 0 Å².